The van der Waals surface area contributed by atoms with Crippen molar-refractivity contribution in [1.82, 2.24) is 5.01 Å². The average molecular weight is 188 g/mol. The number of hydrazone groups is 1. The average Bonchev–Trinajstić information content (AvgIpc) is 2.06. The molecule has 0 N–H and O–H groups in total. The van der Waals surface area contributed by atoms with Gasteiger partial charge in [-0.25, -0.2) is 0 Å². The molecule has 0 spiro atoms. The van der Waals surface area contributed by atoms with Crippen molar-refractivity contribution in [3.05, 3.63) is 11.2 Å². The van der Waals surface area contributed by atoms with Gasteiger partial charge in [0, 0.05) is 26.0 Å². The smallest absolute Gasteiger partial charge is 0.127 e. The molecule has 0 rings (SSSR count). The molecule has 0 aliphatic heterocycles. The Kier molecular flexibility index (Phi) is 5.37. The van der Waals surface area contributed by atoms with E-state index in [9.17, 15) is 0 Å². The Morgan fingerprint density at radius 1 is 1.67 bits per heavy atom. The van der Waals surface area contributed by atoms with Crippen LogP contribution in [-0.2, 0) is 0 Å². The van der Waals surface area contributed by atoms with Crippen LogP contribution < -0.4 is 0 Å². The van der Waals surface area contributed by atoms with E-state index in [-0.39, 0.29) is 0 Å². The van der Waals surface area contributed by atoms with Gasteiger partial charge in [0.2, 0.25) is 0 Å². The summed E-state index contributed by atoms with van der Waals surface area (Å²) in [5.41, 5.74) is 0.863. The highest BCUT2D eigenvalue weighted by Gasteiger charge is 2.00. The molecule has 0 aliphatic rings. The number of hydrogen-bond donors (Lipinski definition) is 0. The Labute approximate surface area is 78.4 Å². The predicted octanol–water partition coefficient (Wildman–Crippen LogP) is 2.09. The second kappa shape index (κ2) is 5.77. The first-order valence-corrected chi connectivity index (χ1v) is 4.08. The summed E-state index contributed by atoms with van der Waals surface area (Å²) in [5.74, 6) is 0. The Morgan fingerprint density at radius 3 is 2.58 bits per heavy atom. The second-order valence-electron chi connectivity index (χ2n) is 2.19. The van der Waals surface area contributed by atoms with Crippen molar-refractivity contribution in [2.45, 2.75) is 13.8 Å². The number of allylic oxidation sites excluding steroid dienone is 1. The molecule has 4 heteroatoms. The van der Waals surface area contributed by atoms with E-state index in [1.807, 2.05) is 13.8 Å². The van der Waals surface area contributed by atoms with Crippen molar-refractivity contribution in [3.8, 4) is 0 Å². The van der Waals surface area contributed by atoms with E-state index in [1.54, 1.807) is 18.1 Å². The third-order valence-electron chi connectivity index (χ3n) is 1.40. The van der Waals surface area contributed by atoms with E-state index in [2.05, 4.69) is 16.8 Å². The first-order chi connectivity index (χ1) is 5.65. The Hall–Kier alpha value is -0.830. The highest BCUT2D eigenvalue weighted by atomic mass is 35.5. The minimum Gasteiger partial charge on any atom is -0.293 e. The van der Waals surface area contributed by atoms with E-state index in [0.29, 0.717) is 11.7 Å². The van der Waals surface area contributed by atoms with Crippen LogP contribution in [0.5, 0.6) is 0 Å². The fraction of sp³-hybridized carbons (Fsp3) is 0.500. The highest BCUT2D eigenvalue weighted by molar-refractivity contribution is 6.30. The fourth-order valence-corrected chi connectivity index (χ4v) is 0.961. The van der Waals surface area contributed by atoms with Gasteiger partial charge < -0.3 is 0 Å². The van der Waals surface area contributed by atoms with Crippen molar-refractivity contribution in [2.24, 2.45) is 10.1 Å². The summed E-state index contributed by atoms with van der Waals surface area (Å²) < 4.78 is 0. The largest absolute Gasteiger partial charge is 0.293 e. The Bertz CT molecular complexity index is 208. The van der Waals surface area contributed by atoms with Gasteiger partial charge in [-0.05, 0) is 19.9 Å². The minimum atomic E-state index is 0.538. The molecule has 0 aliphatic carbocycles. The molecule has 68 valence electrons. The van der Waals surface area contributed by atoms with E-state index >= 15 is 0 Å². The van der Waals surface area contributed by atoms with Gasteiger partial charge in [0.1, 0.15) is 5.16 Å². The van der Waals surface area contributed by atoms with Gasteiger partial charge in [-0.1, -0.05) is 11.6 Å². The number of halogens is 1. The molecular formula is C8H14ClN3. The van der Waals surface area contributed by atoms with Crippen molar-refractivity contribution in [2.75, 3.05) is 13.6 Å². The van der Waals surface area contributed by atoms with Crippen LogP contribution in [0.2, 0.25) is 0 Å². The normalized spacial score (nSPS) is 13.0. The van der Waals surface area contributed by atoms with Gasteiger partial charge in [-0.15, -0.1) is 0 Å². The van der Waals surface area contributed by atoms with Gasteiger partial charge in [0.05, 0.1) is 0 Å². The summed E-state index contributed by atoms with van der Waals surface area (Å²) in [6.07, 6.45) is 1.75. The van der Waals surface area contributed by atoms with Gasteiger partial charge in [-0.2, -0.15) is 5.10 Å². The number of nitrogens with zero attached hydrogens (tertiary/aromatic N) is 3. The summed E-state index contributed by atoms with van der Waals surface area (Å²) in [6, 6.07) is 0. The maximum absolute atomic E-state index is 5.89. The molecule has 0 aromatic carbocycles. The van der Waals surface area contributed by atoms with Crippen molar-refractivity contribution < 1.29 is 0 Å². The molecule has 0 aromatic heterocycles. The lowest BCUT2D eigenvalue weighted by Crippen LogP contribution is -2.12. The summed E-state index contributed by atoms with van der Waals surface area (Å²) in [5, 5.41) is 5.85. The minimum absolute atomic E-state index is 0.538. The van der Waals surface area contributed by atoms with Crippen LogP contribution in [-0.4, -0.2) is 31.0 Å². The number of aliphatic imine (C=N–C) groups is 1. The van der Waals surface area contributed by atoms with Crippen LogP contribution in [0.3, 0.4) is 0 Å². The molecular weight excluding hydrogens is 174 g/mol. The van der Waals surface area contributed by atoms with Gasteiger partial charge in [0.15, 0.2) is 0 Å². The molecule has 12 heavy (non-hydrogen) atoms. The third-order valence-corrected chi connectivity index (χ3v) is 1.70. The number of rotatable bonds is 4. The molecule has 0 bridgehead atoms. The first kappa shape index (κ1) is 11.2. The molecule has 0 heterocycles. The second-order valence-corrected chi connectivity index (χ2v) is 2.58. The first-order valence-electron chi connectivity index (χ1n) is 3.70. The summed E-state index contributed by atoms with van der Waals surface area (Å²) in [6.45, 7) is 7.92. The third kappa shape index (κ3) is 3.53. The maximum atomic E-state index is 5.89. The van der Waals surface area contributed by atoms with Crippen LogP contribution in [0.1, 0.15) is 13.8 Å². The van der Waals surface area contributed by atoms with Crippen LogP contribution in [0.4, 0.5) is 0 Å². The zero-order valence-electron chi connectivity index (χ0n) is 7.71. The van der Waals surface area contributed by atoms with Crippen LogP contribution in [0.25, 0.3) is 0 Å². The van der Waals surface area contributed by atoms with Crippen LogP contribution in [0, 0.1) is 0 Å². The predicted molar refractivity (Wildman–Crippen MR) is 54.9 cm³/mol. The fourth-order valence-electron chi connectivity index (χ4n) is 0.630. The molecule has 0 fully saturated rings. The highest BCUT2D eigenvalue weighted by Crippen LogP contribution is 2.09. The quantitative estimate of drug-likeness (QED) is 0.376. The molecule has 0 amide bonds. The maximum Gasteiger partial charge on any atom is 0.127 e. The molecule has 0 radical (unpaired) electrons. The van der Waals surface area contributed by atoms with E-state index in [0.717, 1.165) is 5.71 Å². The van der Waals surface area contributed by atoms with E-state index < -0.39 is 0 Å². The van der Waals surface area contributed by atoms with Gasteiger partial charge in [-0.3, -0.25) is 10.0 Å². The Morgan fingerprint density at radius 2 is 2.25 bits per heavy atom. The van der Waals surface area contributed by atoms with E-state index in [4.69, 9.17) is 11.6 Å². The lowest BCUT2D eigenvalue weighted by Gasteiger charge is -2.13. The summed E-state index contributed by atoms with van der Waals surface area (Å²) in [4.78, 5) is 3.95. The molecule has 0 unspecified atom stereocenters. The SMILES string of the molecule is C=NN(CC)/C(Cl)=C\C(C)=N/C. The topological polar surface area (TPSA) is 28.0 Å². The molecule has 3 nitrogen and oxygen atoms in total. The van der Waals surface area contributed by atoms with Gasteiger partial charge in [0.25, 0.3) is 0 Å². The van der Waals surface area contributed by atoms with Crippen LogP contribution in [0.15, 0.2) is 21.3 Å². The van der Waals surface area contributed by atoms with Crippen LogP contribution >= 0.6 is 11.6 Å². The monoisotopic (exact) mass is 187 g/mol. The van der Waals surface area contributed by atoms with Crippen molar-refractivity contribution in [1.29, 1.82) is 0 Å². The summed E-state index contributed by atoms with van der Waals surface area (Å²) in [7, 11) is 1.72. The standard InChI is InChI=1S/C8H14ClN3/c1-5-12(11-4)8(9)6-7(2)10-3/h6H,4-5H2,1-3H3/b8-6-,10-7-. The molecule has 0 saturated heterocycles. The van der Waals surface area contributed by atoms with E-state index in [1.165, 1.54) is 0 Å². The van der Waals surface area contributed by atoms with Crippen molar-refractivity contribution >= 4 is 24.0 Å². The zero-order chi connectivity index (χ0) is 9.56. The lowest BCUT2D eigenvalue weighted by molar-refractivity contribution is 0.413. The summed E-state index contributed by atoms with van der Waals surface area (Å²) >= 11 is 5.89. The van der Waals surface area contributed by atoms with Crippen molar-refractivity contribution in [3.63, 3.8) is 0 Å². The number of hydrogen-bond acceptors (Lipinski definition) is 3. The Balaban J connectivity index is 4.44. The molecule has 0 atom stereocenters. The molecule has 0 saturated carbocycles. The van der Waals surface area contributed by atoms with Gasteiger partial charge >= 0.3 is 0 Å². The zero-order valence-corrected chi connectivity index (χ0v) is 8.47. The molecule has 0 aromatic rings. The lowest BCUT2D eigenvalue weighted by atomic mass is 10.4.